The van der Waals surface area contributed by atoms with Crippen molar-refractivity contribution in [2.45, 2.75) is 107 Å². The summed E-state index contributed by atoms with van der Waals surface area (Å²) in [7, 11) is 0. The van der Waals surface area contributed by atoms with E-state index in [0.717, 1.165) is 0 Å². The van der Waals surface area contributed by atoms with Gasteiger partial charge in [-0.1, -0.05) is 0 Å². The van der Waals surface area contributed by atoms with Crippen molar-refractivity contribution in [3.05, 3.63) is 0 Å². The number of rotatable bonds is 17. The van der Waals surface area contributed by atoms with Crippen LogP contribution in [0.25, 0.3) is 0 Å². The molecule has 0 rings (SSSR count). The maximum Gasteiger partial charge on any atom is 0.460 e. The van der Waals surface area contributed by atoms with Crippen LogP contribution in [0.5, 0.6) is 0 Å². The predicted octanol–water partition coefficient (Wildman–Crippen LogP) is 10.9. The van der Waals surface area contributed by atoms with Crippen molar-refractivity contribution < 1.29 is 167 Å². The number of aliphatic imine (C=N–C) groups is 2. The van der Waals surface area contributed by atoms with E-state index in [4.69, 9.17) is 10.8 Å². The number of amidine groups is 4. The molecule has 0 radical (unpaired) electrons. The van der Waals surface area contributed by atoms with Crippen molar-refractivity contribution in [3.8, 4) is 0 Å². The van der Waals surface area contributed by atoms with Crippen molar-refractivity contribution in [2.24, 2.45) is 21.5 Å². The van der Waals surface area contributed by atoms with Gasteiger partial charge in [-0.25, -0.2) is 9.98 Å². The zero-order valence-corrected chi connectivity index (χ0v) is 28.4. The molecule has 390 valence electrons. The lowest BCUT2D eigenvalue weighted by Gasteiger charge is -2.41. The Morgan fingerprint density at radius 2 is 0.364 bits per heavy atom. The van der Waals surface area contributed by atoms with E-state index in [0.29, 0.717) is 9.98 Å². The molecule has 6 N–H and O–H groups in total. The van der Waals surface area contributed by atoms with Gasteiger partial charge in [0.2, 0.25) is 0 Å². The topological polar surface area (TPSA) is 124 Å². The third-order valence-corrected chi connectivity index (χ3v) is 7.54. The lowest BCUT2D eigenvalue weighted by molar-refractivity contribution is -0.434. The molecule has 0 aliphatic rings. The molecule has 0 bridgehead atoms. The monoisotopic (exact) mass is 1080 g/mol. The first kappa shape index (κ1) is 61.6. The minimum Gasteiger partial charge on any atom is -0.382 e. The summed E-state index contributed by atoms with van der Waals surface area (Å²) in [5, 5.41) is 12.4. The smallest absolute Gasteiger partial charge is 0.382 e. The van der Waals surface area contributed by atoms with Gasteiger partial charge >= 0.3 is 107 Å². The second-order valence-electron chi connectivity index (χ2n) is 11.9. The highest BCUT2D eigenvalue weighted by molar-refractivity contribution is 6.03. The van der Waals surface area contributed by atoms with Crippen LogP contribution in [0.2, 0.25) is 0 Å². The molecular weight excluding hydrogens is 1070 g/mol. The van der Waals surface area contributed by atoms with Crippen molar-refractivity contribution in [3.63, 3.8) is 0 Å². The highest BCUT2D eigenvalue weighted by Gasteiger charge is 2.94. The van der Waals surface area contributed by atoms with Crippen LogP contribution in [0.3, 0.4) is 0 Å². The molecule has 0 aromatic carbocycles. The summed E-state index contributed by atoms with van der Waals surface area (Å²) < 4.78 is 513. The van der Waals surface area contributed by atoms with Crippen LogP contribution in [-0.2, 0) is 0 Å². The molecule has 44 heteroatoms. The van der Waals surface area contributed by atoms with Crippen molar-refractivity contribution in [1.29, 1.82) is 10.8 Å². The summed E-state index contributed by atoms with van der Waals surface area (Å²) in [5.41, 5.74) is 7.20. The van der Waals surface area contributed by atoms with Gasteiger partial charge in [-0.15, -0.1) is 0 Å². The predicted molar refractivity (Wildman–Crippen MR) is 130 cm³/mol. The van der Waals surface area contributed by atoms with Crippen LogP contribution in [0.4, 0.5) is 167 Å². The van der Waals surface area contributed by atoms with Crippen molar-refractivity contribution in [2.75, 3.05) is 0 Å². The fourth-order valence-corrected chi connectivity index (χ4v) is 3.47. The van der Waals surface area contributed by atoms with Gasteiger partial charge in [0.1, 0.15) is 0 Å². The number of alkyl halides is 38. The number of halogens is 38. The van der Waals surface area contributed by atoms with E-state index in [1.165, 1.54) is 0 Å². The minimum absolute atomic E-state index is 0.447. The number of nitrogens with one attached hydrogen (secondary N) is 2. The molecule has 0 heterocycles. The van der Waals surface area contributed by atoms with E-state index in [9.17, 15) is 167 Å². The van der Waals surface area contributed by atoms with Gasteiger partial charge in [-0.2, -0.15) is 167 Å². The zero-order valence-electron chi connectivity index (χ0n) is 28.4. The number of hydrogen-bond acceptors (Lipinski definition) is 2. The van der Waals surface area contributed by atoms with E-state index >= 15 is 0 Å². The normalized spacial score (nSPS) is 17.1. The first-order valence-electron chi connectivity index (χ1n) is 13.9. The average molecular weight is 1080 g/mol. The Morgan fingerprint density at radius 1 is 0.227 bits per heavy atom. The second-order valence-corrected chi connectivity index (χ2v) is 11.9. The van der Waals surface area contributed by atoms with Gasteiger partial charge in [-0.05, 0) is 0 Å². The molecular formula is C22H6F38N6. The van der Waals surface area contributed by atoms with E-state index in [1.54, 1.807) is 0 Å². The van der Waals surface area contributed by atoms with Crippen molar-refractivity contribution in [1.82, 2.24) is 0 Å². The summed E-state index contributed by atoms with van der Waals surface area (Å²) in [6.45, 7) is 0. The number of nitrogens with two attached hydrogens (primary N) is 2. The molecule has 0 atom stereocenters. The first-order valence-corrected chi connectivity index (χ1v) is 13.9. The summed E-state index contributed by atoms with van der Waals surface area (Å²) in [6, 6.07) is 0. The largest absolute Gasteiger partial charge is 0.460 e. The van der Waals surface area contributed by atoms with Crippen LogP contribution in [-0.4, -0.2) is 130 Å². The van der Waals surface area contributed by atoms with E-state index in [-0.39, 0.29) is 0 Å². The first-order chi connectivity index (χ1) is 27.8. The van der Waals surface area contributed by atoms with Gasteiger partial charge in [0.15, 0.2) is 23.3 Å². The maximum absolute atomic E-state index is 14.2. The standard InChI is InChI=1S/C22H6F38N6/c23-5(24,1(61)65-3(63)7(27,28)11(35,36)15(43,44)17(47,48)19(51,52)21(55,56)57)9(31,32)13(39,40)14(41,42)10(33,34)6(25,26)2(62)66-4(64)8(29,30)12(37,38)16(45,46)18(49,50)20(53,54)22(58,59)60/h(H3,61,63,65)(H3,62,64,66). The van der Waals surface area contributed by atoms with Gasteiger partial charge in [0, 0.05) is 0 Å². The molecule has 0 aromatic heterocycles. The Balaban J connectivity index is 7.46. The molecule has 0 spiro atoms. The highest BCUT2D eigenvalue weighted by atomic mass is 19.4. The second kappa shape index (κ2) is 15.6. The lowest BCUT2D eigenvalue weighted by Crippen LogP contribution is -2.73. The Labute approximate surface area is 331 Å². The number of nitrogens with zero attached hydrogens (tertiary/aromatic N) is 2. The maximum atomic E-state index is 14.2. The van der Waals surface area contributed by atoms with Crippen LogP contribution < -0.4 is 11.5 Å². The van der Waals surface area contributed by atoms with E-state index in [1.807, 2.05) is 0 Å². The summed E-state index contributed by atoms with van der Waals surface area (Å²) in [4.78, 5) is 0.895. The third-order valence-electron chi connectivity index (χ3n) is 7.54. The molecule has 0 amide bonds. The fourth-order valence-electron chi connectivity index (χ4n) is 3.47. The van der Waals surface area contributed by atoms with Crippen LogP contribution in [0, 0.1) is 10.8 Å². The lowest BCUT2D eigenvalue weighted by atomic mass is 9.90. The van der Waals surface area contributed by atoms with Crippen molar-refractivity contribution >= 4 is 23.3 Å². The molecule has 0 aliphatic carbocycles. The molecule has 0 fully saturated rings. The zero-order chi connectivity index (χ0) is 54.7. The molecule has 6 nitrogen and oxygen atoms in total. The Bertz CT molecular complexity index is 1770. The Morgan fingerprint density at radius 3 is 0.515 bits per heavy atom. The average Bonchev–Trinajstić information content (AvgIpc) is 3.08. The van der Waals surface area contributed by atoms with E-state index < -0.39 is 130 Å². The fraction of sp³-hybridized carbons (Fsp3) is 0.818. The molecule has 0 unspecified atom stereocenters. The van der Waals surface area contributed by atoms with E-state index in [2.05, 4.69) is 11.5 Å². The van der Waals surface area contributed by atoms with Gasteiger partial charge in [0.25, 0.3) is 0 Å². The molecule has 0 saturated heterocycles. The molecule has 66 heavy (non-hydrogen) atoms. The SMILES string of the molecule is N=C(N=C(N)C(F)(F)C(F)(F)C(F)(F)C(F)(F)C(F)(F)C(F)(F)F)C(F)(F)C(F)(F)C(F)(F)C(F)(F)C(F)(F)C(F)(F)C(=N)N=C(N)C(F)(F)C(F)(F)C(F)(F)C(F)(F)C(F)(F)C(F)(F)F. The minimum atomic E-state index is -9.42. The van der Waals surface area contributed by atoms with Crippen LogP contribution in [0.1, 0.15) is 0 Å². The molecule has 0 saturated carbocycles. The molecule has 0 aromatic rings. The van der Waals surface area contributed by atoms with Gasteiger partial charge in [-0.3, -0.25) is 10.8 Å². The van der Waals surface area contributed by atoms with Gasteiger partial charge in [0.05, 0.1) is 0 Å². The summed E-state index contributed by atoms with van der Waals surface area (Å²) in [5.74, 6) is -160. The van der Waals surface area contributed by atoms with Crippen LogP contribution in [0.15, 0.2) is 9.98 Å². The van der Waals surface area contributed by atoms with Crippen LogP contribution >= 0.6 is 0 Å². The summed E-state index contributed by atoms with van der Waals surface area (Å²) >= 11 is 0. The number of hydrogen-bond donors (Lipinski definition) is 4. The third kappa shape index (κ3) is 7.75. The Kier molecular flexibility index (Phi) is 14.5. The summed E-state index contributed by atoms with van der Waals surface area (Å²) in [6.07, 6.45) is -16.3. The quantitative estimate of drug-likeness (QED) is 0.0658. The molecule has 0 aliphatic heterocycles. The van der Waals surface area contributed by atoms with Gasteiger partial charge < -0.3 is 11.5 Å². The Hall–Kier alpha value is -4.38. The highest BCUT2D eigenvalue weighted by Crippen LogP contribution is 2.64.